The molecule has 1 aromatic heterocycles. The molecule has 1 heterocycles. The number of hydrogen-bond donors (Lipinski definition) is 0. The lowest BCUT2D eigenvalue weighted by Crippen LogP contribution is -1.80. The lowest BCUT2D eigenvalue weighted by Gasteiger charge is -1.89. The summed E-state index contributed by atoms with van der Waals surface area (Å²) in [5, 5.41) is 0. The number of nitrogens with zero attached hydrogens (tertiary/aromatic N) is 1. The molecule has 0 amide bonds. The maximum atomic E-state index is 12.2. The Kier molecular flexibility index (Phi) is 2.15. The fraction of sp³-hybridized carbons (Fsp3) is 0.125. The van der Waals surface area contributed by atoms with Crippen LogP contribution in [0.2, 0.25) is 0 Å². The highest BCUT2D eigenvalue weighted by molar-refractivity contribution is 5.46. The summed E-state index contributed by atoms with van der Waals surface area (Å²) in [6, 6.07) is 3.03. The van der Waals surface area contributed by atoms with Gasteiger partial charge in [0.15, 0.2) is 0 Å². The SMILES string of the molecule is CC=Cc1ccc(F)nc1. The summed E-state index contributed by atoms with van der Waals surface area (Å²) in [6.45, 7) is 1.91. The molecule has 0 bridgehead atoms. The van der Waals surface area contributed by atoms with E-state index in [0.717, 1.165) is 5.56 Å². The number of halogens is 1. The second-order valence-electron chi connectivity index (χ2n) is 1.91. The van der Waals surface area contributed by atoms with Crippen LogP contribution in [0.3, 0.4) is 0 Å². The number of pyridine rings is 1. The van der Waals surface area contributed by atoms with E-state index in [-0.39, 0.29) is 0 Å². The second kappa shape index (κ2) is 3.11. The van der Waals surface area contributed by atoms with Gasteiger partial charge in [-0.25, -0.2) is 4.98 Å². The fourth-order valence-electron chi connectivity index (χ4n) is 0.678. The van der Waals surface area contributed by atoms with E-state index in [0.29, 0.717) is 0 Å². The first-order valence-electron chi connectivity index (χ1n) is 3.07. The van der Waals surface area contributed by atoms with Gasteiger partial charge < -0.3 is 0 Å². The van der Waals surface area contributed by atoms with E-state index in [2.05, 4.69) is 4.98 Å². The molecule has 0 spiro atoms. The molecule has 0 aliphatic carbocycles. The third-order valence-electron chi connectivity index (χ3n) is 1.11. The van der Waals surface area contributed by atoms with Crippen LogP contribution < -0.4 is 0 Å². The zero-order valence-electron chi connectivity index (χ0n) is 5.71. The van der Waals surface area contributed by atoms with Crippen LogP contribution in [0.5, 0.6) is 0 Å². The maximum Gasteiger partial charge on any atom is 0.212 e. The van der Waals surface area contributed by atoms with Gasteiger partial charge in [-0.3, -0.25) is 0 Å². The molecule has 0 fully saturated rings. The van der Waals surface area contributed by atoms with E-state index in [1.165, 1.54) is 12.3 Å². The normalized spacial score (nSPS) is 10.6. The molecule has 0 aromatic carbocycles. The average Bonchev–Trinajstić information content (AvgIpc) is 1.95. The number of aromatic nitrogens is 1. The van der Waals surface area contributed by atoms with Gasteiger partial charge in [0.05, 0.1) is 0 Å². The second-order valence-corrected chi connectivity index (χ2v) is 1.91. The molecule has 0 N–H and O–H groups in total. The molecule has 0 radical (unpaired) electrons. The molecule has 2 heteroatoms. The Bertz CT molecular complexity index is 226. The van der Waals surface area contributed by atoms with E-state index in [1.54, 1.807) is 6.07 Å². The van der Waals surface area contributed by atoms with E-state index < -0.39 is 5.95 Å². The molecule has 0 saturated heterocycles. The van der Waals surface area contributed by atoms with Crippen molar-refractivity contribution in [1.29, 1.82) is 0 Å². The lowest BCUT2D eigenvalue weighted by molar-refractivity contribution is 0.583. The van der Waals surface area contributed by atoms with Crippen molar-refractivity contribution in [3.05, 3.63) is 35.9 Å². The van der Waals surface area contributed by atoms with Crippen LogP contribution in [0.15, 0.2) is 24.4 Å². The molecule has 0 aliphatic rings. The summed E-state index contributed by atoms with van der Waals surface area (Å²) in [5.74, 6) is -0.437. The minimum Gasteiger partial charge on any atom is -0.228 e. The predicted molar refractivity (Wildman–Crippen MR) is 38.9 cm³/mol. The van der Waals surface area contributed by atoms with E-state index >= 15 is 0 Å². The summed E-state index contributed by atoms with van der Waals surface area (Å²) < 4.78 is 12.2. The Morgan fingerprint density at radius 3 is 2.80 bits per heavy atom. The largest absolute Gasteiger partial charge is 0.228 e. The van der Waals surface area contributed by atoms with Crippen molar-refractivity contribution in [2.24, 2.45) is 0 Å². The first-order valence-corrected chi connectivity index (χ1v) is 3.07. The minimum absolute atomic E-state index is 0.437. The standard InChI is InChI=1S/C8H8FN/c1-2-3-7-4-5-8(9)10-6-7/h2-6H,1H3. The van der Waals surface area contributed by atoms with Crippen molar-refractivity contribution in [2.75, 3.05) is 0 Å². The Labute approximate surface area is 59.2 Å². The van der Waals surface area contributed by atoms with Crippen molar-refractivity contribution in [2.45, 2.75) is 6.92 Å². The quantitative estimate of drug-likeness (QED) is 0.541. The fourth-order valence-corrected chi connectivity index (χ4v) is 0.678. The zero-order valence-corrected chi connectivity index (χ0v) is 5.71. The third-order valence-corrected chi connectivity index (χ3v) is 1.11. The summed E-state index contributed by atoms with van der Waals surface area (Å²) in [5.41, 5.74) is 0.920. The molecule has 0 atom stereocenters. The molecule has 1 aromatic rings. The molecule has 0 aliphatic heterocycles. The van der Waals surface area contributed by atoms with Gasteiger partial charge in [0.2, 0.25) is 5.95 Å². The van der Waals surface area contributed by atoms with Crippen molar-refractivity contribution in [3.8, 4) is 0 Å². The minimum atomic E-state index is -0.437. The van der Waals surface area contributed by atoms with Crippen LogP contribution in [0.25, 0.3) is 6.08 Å². The van der Waals surface area contributed by atoms with Gasteiger partial charge >= 0.3 is 0 Å². The van der Waals surface area contributed by atoms with E-state index in [9.17, 15) is 4.39 Å². The summed E-state index contributed by atoms with van der Waals surface area (Å²) in [6.07, 6.45) is 5.25. The van der Waals surface area contributed by atoms with Gasteiger partial charge in [-0.15, -0.1) is 0 Å². The molecular weight excluding hydrogens is 129 g/mol. The van der Waals surface area contributed by atoms with E-state index in [1.807, 2.05) is 19.1 Å². The Hall–Kier alpha value is -1.18. The highest BCUT2D eigenvalue weighted by Gasteiger charge is 1.87. The van der Waals surface area contributed by atoms with Gasteiger partial charge in [0, 0.05) is 6.20 Å². The molecule has 0 unspecified atom stereocenters. The van der Waals surface area contributed by atoms with Crippen LogP contribution in [0.4, 0.5) is 4.39 Å². The topological polar surface area (TPSA) is 12.9 Å². The number of hydrogen-bond acceptors (Lipinski definition) is 1. The van der Waals surface area contributed by atoms with Crippen molar-refractivity contribution >= 4 is 6.08 Å². The van der Waals surface area contributed by atoms with Crippen LogP contribution in [0.1, 0.15) is 12.5 Å². The van der Waals surface area contributed by atoms with Gasteiger partial charge in [0.25, 0.3) is 0 Å². The lowest BCUT2D eigenvalue weighted by atomic mass is 10.3. The molecule has 0 saturated carbocycles. The van der Waals surface area contributed by atoms with Crippen LogP contribution >= 0.6 is 0 Å². The Morgan fingerprint density at radius 1 is 1.50 bits per heavy atom. The van der Waals surface area contributed by atoms with Crippen LogP contribution in [-0.4, -0.2) is 4.98 Å². The number of allylic oxidation sites excluding steroid dienone is 1. The Balaban J connectivity index is 2.89. The summed E-state index contributed by atoms with van der Waals surface area (Å²) in [7, 11) is 0. The van der Waals surface area contributed by atoms with Crippen LogP contribution in [0, 0.1) is 5.95 Å². The van der Waals surface area contributed by atoms with Crippen LogP contribution in [-0.2, 0) is 0 Å². The molecule has 52 valence electrons. The molecule has 10 heavy (non-hydrogen) atoms. The van der Waals surface area contributed by atoms with Gasteiger partial charge in [0.1, 0.15) is 0 Å². The van der Waals surface area contributed by atoms with Crippen molar-refractivity contribution in [1.82, 2.24) is 4.98 Å². The van der Waals surface area contributed by atoms with Crippen molar-refractivity contribution < 1.29 is 4.39 Å². The van der Waals surface area contributed by atoms with E-state index in [4.69, 9.17) is 0 Å². The zero-order chi connectivity index (χ0) is 7.40. The summed E-state index contributed by atoms with van der Waals surface area (Å²) >= 11 is 0. The molecule has 1 rings (SSSR count). The molecule has 1 nitrogen and oxygen atoms in total. The maximum absolute atomic E-state index is 12.2. The first kappa shape index (κ1) is 6.93. The van der Waals surface area contributed by atoms with Gasteiger partial charge in [-0.2, -0.15) is 4.39 Å². The molecular formula is C8H8FN. The monoisotopic (exact) mass is 137 g/mol. The summed E-state index contributed by atoms with van der Waals surface area (Å²) in [4.78, 5) is 3.48. The highest BCUT2D eigenvalue weighted by atomic mass is 19.1. The predicted octanol–water partition coefficient (Wildman–Crippen LogP) is 2.25. The van der Waals surface area contributed by atoms with Gasteiger partial charge in [-0.05, 0) is 24.6 Å². The third kappa shape index (κ3) is 1.65. The highest BCUT2D eigenvalue weighted by Crippen LogP contribution is 2.00. The first-order chi connectivity index (χ1) is 4.83. The Morgan fingerprint density at radius 2 is 2.30 bits per heavy atom. The smallest absolute Gasteiger partial charge is 0.212 e. The number of rotatable bonds is 1. The average molecular weight is 137 g/mol. The van der Waals surface area contributed by atoms with Gasteiger partial charge in [-0.1, -0.05) is 12.2 Å². The van der Waals surface area contributed by atoms with Crippen molar-refractivity contribution in [3.63, 3.8) is 0 Å².